The van der Waals surface area contributed by atoms with Crippen LogP contribution in [0.15, 0.2) is 59.5 Å². The third kappa shape index (κ3) is 23.1. The van der Waals surface area contributed by atoms with Gasteiger partial charge in [-0.1, -0.05) is 225 Å². The number of aromatic hydroxyl groups is 1. The van der Waals surface area contributed by atoms with Gasteiger partial charge in [-0.05, 0) is 54.6 Å². The van der Waals surface area contributed by atoms with Gasteiger partial charge in [-0.3, -0.25) is 9.52 Å². The van der Waals surface area contributed by atoms with Crippen molar-refractivity contribution >= 4 is 50.5 Å². The molecule has 0 saturated heterocycles. The van der Waals surface area contributed by atoms with Crippen molar-refractivity contribution in [2.45, 2.75) is 224 Å². The first-order valence-corrected chi connectivity index (χ1v) is 26.7. The minimum atomic E-state index is -4.00. The molecule has 0 aromatic heterocycles. The minimum absolute atomic E-state index is 0. The molecule has 0 unspecified atom stereocenters. The molecule has 62 heavy (non-hydrogen) atoms. The molecule has 0 spiro atoms. The number of benzene rings is 3. The lowest BCUT2D eigenvalue weighted by Gasteiger charge is -2.23. The molecular formula is C53H88ClN3O4S. The van der Waals surface area contributed by atoms with Gasteiger partial charge >= 0.3 is 0 Å². The molecule has 0 bridgehead atoms. The summed E-state index contributed by atoms with van der Waals surface area (Å²) in [6.07, 6.45) is 41.9. The standard InChI is InChI=1S/C53H87N3O4S.ClH/c1-3-5-7-9-11-13-15-17-19-21-23-25-27-29-31-33-42-56(43-34-32-30-28-26-24-22-20-18-16-14-12-10-8-6-4-2)53(58)47-36-35-37-49(44-47)61(59,60)55-48-40-38-46-39-41-51(57)52(54)50(46)45-48;/h35-41,44-45,55,57H,3-34,42-43,54H2,1-2H3;1H. The summed E-state index contributed by atoms with van der Waals surface area (Å²) in [5.41, 5.74) is 7.00. The van der Waals surface area contributed by atoms with Gasteiger partial charge in [0.15, 0.2) is 0 Å². The molecule has 0 heterocycles. The third-order valence-corrected chi connectivity index (χ3v) is 13.9. The first-order chi connectivity index (χ1) is 29.8. The zero-order valence-corrected chi connectivity index (χ0v) is 40.9. The predicted molar refractivity (Wildman–Crippen MR) is 270 cm³/mol. The van der Waals surface area contributed by atoms with Gasteiger partial charge in [0.25, 0.3) is 15.9 Å². The highest BCUT2D eigenvalue weighted by molar-refractivity contribution is 7.92. The molecular weight excluding hydrogens is 810 g/mol. The fourth-order valence-electron chi connectivity index (χ4n) is 8.60. The molecule has 3 rings (SSSR count). The monoisotopic (exact) mass is 898 g/mol. The number of halogens is 1. The Morgan fingerprint density at radius 1 is 0.548 bits per heavy atom. The summed E-state index contributed by atoms with van der Waals surface area (Å²) in [6.45, 7) is 5.94. The number of rotatable bonds is 38. The van der Waals surface area contributed by atoms with Crippen molar-refractivity contribution < 1.29 is 18.3 Å². The lowest BCUT2D eigenvalue weighted by molar-refractivity contribution is 0.0749. The Labute approximate surface area is 385 Å². The van der Waals surface area contributed by atoms with E-state index in [1.165, 1.54) is 198 Å². The van der Waals surface area contributed by atoms with Crippen molar-refractivity contribution in [2.24, 2.45) is 0 Å². The summed E-state index contributed by atoms with van der Waals surface area (Å²) < 4.78 is 29.8. The van der Waals surface area contributed by atoms with Crippen LogP contribution in [0.5, 0.6) is 5.75 Å². The van der Waals surface area contributed by atoms with Crippen LogP contribution in [0.1, 0.15) is 230 Å². The van der Waals surface area contributed by atoms with E-state index in [1.807, 2.05) is 4.90 Å². The molecule has 0 radical (unpaired) electrons. The summed E-state index contributed by atoms with van der Waals surface area (Å²) in [7, 11) is -4.00. The number of anilines is 2. The number of unbranched alkanes of at least 4 members (excludes halogenated alkanes) is 30. The van der Waals surface area contributed by atoms with Crippen LogP contribution in [0.4, 0.5) is 11.4 Å². The summed E-state index contributed by atoms with van der Waals surface area (Å²) in [6, 6.07) is 14.7. The smallest absolute Gasteiger partial charge is 0.261 e. The minimum Gasteiger partial charge on any atom is -0.506 e. The number of hydrogen-bond donors (Lipinski definition) is 3. The maximum Gasteiger partial charge on any atom is 0.261 e. The van der Waals surface area contributed by atoms with Gasteiger partial charge in [-0.2, -0.15) is 0 Å². The number of nitrogens with two attached hydrogens (primary N) is 1. The Kier molecular flexibility index (Phi) is 30.6. The zero-order valence-electron chi connectivity index (χ0n) is 39.3. The Bertz CT molecular complexity index is 1680. The molecule has 7 nitrogen and oxygen atoms in total. The summed E-state index contributed by atoms with van der Waals surface area (Å²) in [5, 5.41) is 11.4. The molecule has 4 N–H and O–H groups in total. The van der Waals surface area contributed by atoms with Crippen molar-refractivity contribution in [3.63, 3.8) is 0 Å². The number of nitrogens with zero attached hydrogens (tertiary/aromatic N) is 1. The average Bonchev–Trinajstić information content (AvgIpc) is 3.26. The Morgan fingerprint density at radius 2 is 0.935 bits per heavy atom. The normalized spacial score (nSPS) is 11.5. The molecule has 3 aromatic carbocycles. The van der Waals surface area contributed by atoms with Crippen LogP contribution < -0.4 is 10.5 Å². The van der Waals surface area contributed by atoms with Gasteiger partial charge in [0.1, 0.15) is 5.75 Å². The Morgan fingerprint density at radius 3 is 1.35 bits per heavy atom. The fraction of sp³-hybridized carbons (Fsp3) is 0.679. The SMILES string of the molecule is CCCCCCCCCCCCCCCCCCN(CCCCCCCCCCCCCCCCCC)C(=O)c1cccc(S(=O)(=O)Nc2ccc3ccc(O)c(N)c3c2)c1.Cl. The second kappa shape index (κ2) is 34.4. The highest BCUT2D eigenvalue weighted by Gasteiger charge is 2.20. The number of sulfonamides is 1. The average molecular weight is 899 g/mol. The quantitative estimate of drug-likeness (QED) is 0.0301. The highest BCUT2D eigenvalue weighted by Crippen LogP contribution is 2.32. The summed E-state index contributed by atoms with van der Waals surface area (Å²) in [5.74, 6) is -0.157. The number of phenols is 1. The molecule has 0 fully saturated rings. The number of nitrogen functional groups attached to an aromatic ring is 1. The van der Waals surface area contributed by atoms with Crippen LogP contribution >= 0.6 is 12.4 Å². The zero-order chi connectivity index (χ0) is 43.8. The Hall–Kier alpha value is -2.97. The largest absolute Gasteiger partial charge is 0.506 e. The second-order valence-electron chi connectivity index (χ2n) is 18.0. The molecule has 0 atom stereocenters. The maximum atomic E-state index is 14.1. The first-order valence-electron chi connectivity index (χ1n) is 25.2. The van der Waals surface area contributed by atoms with E-state index in [-0.39, 0.29) is 34.6 Å². The number of carbonyl (C=O) groups excluding carboxylic acids is 1. The topological polar surface area (TPSA) is 113 Å². The van der Waals surface area contributed by atoms with Crippen LogP contribution in [-0.2, 0) is 10.0 Å². The third-order valence-electron chi connectivity index (χ3n) is 12.5. The van der Waals surface area contributed by atoms with Gasteiger partial charge < -0.3 is 15.7 Å². The molecule has 1 amide bonds. The first kappa shape index (κ1) is 55.2. The van der Waals surface area contributed by atoms with E-state index in [0.29, 0.717) is 29.7 Å². The van der Waals surface area contributed by atoms with Gasteiger partial charge in [-0.15, -0.1) is 12.4 Å². The lowest BCUT2D eigenvalue weighted by Crippen LogP contribution is -2.33. The second-order valence-corrected chi connectivity index (χ2v) is 19.6. The van der Waals surface area contributed by atoms with Crippen LogP contribution in [0.2, 0.25) is 0 Å². The van der Waals surface area contributed by atoms with E-state index in [2.05, 4.69) is 18.6 Å². The van der Waals surface area contributed by atoms with E-state index in [1.54, 1.807) is 36.4 Å². The fourth-order valence-corrected chi connectivity index (χ4v) is 9.70. The van der Waals surface area contributed by atoms with Crippen molar-refractivity contribution in [1.29, 1.82) is 0 Å². The van der Waals surface area contributed by atoms with E-state index >= 15 is 0 Å². The van der Waals surface area contributed by atoms with Crippen molar-refractivity contribution in [1.82, 2.24) is 4.90 Å². The summed E-state index contributed by atoms with van der Waals surface area (Å²) in [4.78, 5) is 16.1. The van der Waals surface area contributed by atoms with Gasteiger partial charge in [-0.25, -0.2) is 8.42 Å². The van der Waals surface area contributed by atoms with Crippen LogP contribution in [0, 0.1) is 0 Å². The van der Waals surface area contributed by atoms with Crippen LogP contribution in [0.25, 0.3) is 10.8 Å². The van der Waals surface area contributed by atoms with Crippen molar-refractivity contribution in [2.75, 3.05) is 23.5 Å². The highest BCUT2D eigenvalue weighted by atomic mass is 35.5. The van der Waals surface area contributed by atoms with Gasteiger partial charge in [0, 0.05) is 29.7 Å². The molecule has 352 valence electrons. The van der Waals surface area contributed by atoms with Crippen LogP contribution in [-0.4, -0.2) is 37.4 Å². The van der Waals surface area contributed by atoms with Gasteiger partial charge in [0.2, 0.25) is 0 Å². The Balaban J connectivity index is 0.0000132. The number of amides is 1. The molecule has 3 aromatic rings. The van der Waals surface area contributed by atoms with E-state index in [0.717, 1.165) is 31.1 Å². The number of phenolic OH excluding ortho intramolecular Hbond substituents is 1. The maximum absolute atomic E-state index is 14.1. The molecule has 0 aliphatic carbocycles. The van der Waals surface area contributed by atoms with E-state index < -0.39 is 10.0 Å². The van der Waals surface area contributed by atoms with Gasteiger partial charge in [0.05, 0.1) is 10.6 Å². The van der Waals surface area contributed by atoms with Crippen molar-refractivity contribution in [3.05, 3.63) is 60.2 Å². The predicted octanol–water partition coefficient (Wildman–Crippen LogP) is 16.3. The van der Waals surface area contributed by atoms with E-state index in [4.69, 9.17) is 5.73 Å². The molecule has 0 aliphatic rings. The number of carbonyl (C=O) groups is 1. The number of hydrogen-bond acceptors (Lipinski definition) is 5. The van der Waals surface area contributed by atoms with Crippen molar-refractivity contribution in [3.8, 4) is 5.75 Å². The van der Waals surface area contributed by atoms with Crippen LogP contribution in [0.3, 0.4) is 0 Å². The number of fused-ring (bicyclic) bond motifs is 1. The number of nitrogens with one attached hydrogen (secondary N) is 1. The molecule has 0 saturated carbocycles. The summed E-state index contributed by atoms with van der Waals surface area (Å²) >= 11 is 0. The molecule has 0 aliphatic heterocycles. The molecule has 9 heteroatoms. The lowest BCUT2D eigenvalue weighted by atomic mass is 10.0. The van der Waals surface area contributed by atoms with E-state index in [9.17, 15) is 18.3 Å².